The van der Waals surface area contributed by atoms with Gasteiger partial charge in [0.1, 0.15) is 5.75 Å². The van der Waals surface area contributed by atoms with Gasteiger partial charge < -0.3 is 15.4 Å². The number of benzene rings is 1. The third-order valence-corrected chi connectivity index (χ3v) is 3.52. The van der Waals surface area contributed by atoms with Gasteiger partial charge in [0.05, 0.1) is 18.5 Å². The van der Waals surface area contributed by atoms with Gasteiger partial charge in [-0.2, -0.15) is 0 Å². The topological polar surface area (TPSA) is 38.5 Å². The lowest BCUT2D eigenvalue weighted by atomic mass is 10.1. The van der Waals surface area contributed by atoms with E-state index in [0.717, 1.165) is 17.1 Å². The third-order valence-electron chi connectivity index (χ3n) is 3.52. The second-order valence-electron chi connectivity index (χ2n) is 4.44. The summed E-state index contributed by atoms with van der Waals surface area (Å²) >= 11 is 0. The van der Waals surface area contributed by atoms with Crippen LogP contribution in [0.2, 0.25) is 0 Å². The average Bonchev–Trinajstić information content (AvgIpc) is 2.82. The number of ether oxygens (including phenoxy) is 1. The normalized spacial score (nSPS) is 16.4. The van der Waals surface area contributed by atoms with Crippen molar-refractivity contribution in [2.75, 3.05) is 24.8 Å². The van der Waals surface area contributed by atoms with E-state index >= 15 is 0 Å². The number of para-hydroxylation sites is 1. The summed E-state index contributed by atoms with van der Waals surface area (Å²) in [5.74, 6) is 0.766. The lowest BCUT2D eigenvalue weighted by molar-refractivity contribution is 0.417. The van der Waals surface area contributed by atoms with Crippen molar-refractivity contribution in [3.8, 4) is 5.75 Å². The maximum atomic E-state index is 6.10. The monoisotopic (exact) mass is 220 g/mol. The molecule has 0 aliphatic heterocycles. The number of nitrogen functional groups attached to an aromatic ring is 1. The van der Waals surface area contributed by atoms with Gasteiger partial charge in [-0.3, -0.25) is 0 Å². The summed E-state index contributed by atoms with van der Waals surface area (Å²) in [6.45, 7) is 0. The molecule has 16 heavy (non-hydrogen) atoms. The second kappa shape index (κ2) is 4.64. The number of nitrogens with zero attached hydrogens (tertiary/aromatic N) is 1. The number of hydrogen-bond acceptors (Lipinski definition) is 3. The van der Waals surface area contributed by atoms with E-state index in [0.29, 0.717) is 6.04 Å². The zero-order valence-corrected chi connectivity index (χ0v) is 10.1. The van der Waals surface area contributed by atoms with E-state index in [-0.39, 0.29) is 0 Å². The lowest BCUT2D eigenvalue weighted by Gasteiger charge is -2.28. The summed E-state index contributed by atoms with van der Waals surface area (Å²) in [6.07, 6.45) is 5.21. The van der Waals surface area contributed by atoms with Crippen LogP contribution in [-0.4, -0.2) is 20.2 Å². The summed E-state index contributed by atoms with van der Waals surface area (Å²) in [5.41, 5.74) is 7.93. The van der Waals surface area contributed by atoms with Gasteiger partial charge >= 0.3 is 0 Å². The minimum atomic E-state index is 0.634. The minimum absolute atomic E-state index is 0.634. The van der Waals surface area contributed by atoms with Gasteiger partial charge in [0.15, 0.2) is 0 Å². The molecule has 0 unspecified atom stereocenters. The Bertz CT molecular complexity index is 359. The van der Waals surface area contributed by atoms with Crippen molar-refractivity contribution in [3.05, 3.63) is 18.2 Å². The van der Waals surface area contributed by atoms with E-state index in [4.69, 9.17) is 10.5 Å². The molecule has 0 atom stereocenters. The molecule has 3 nitrogen and oxygen atoms in total. The molecule has 2 rings (SSSR count). The second-order valence-corrected chi connectivity index (χ2v) is 4.44. The van der Waals surface area contributed by atoms with Crippen molar-refractivity contribution < 1.29 is 4.74 Å². The molecule has 0 aromatic heterocycles. The molecule has 0 radical (unpaired) electrons. The minimum Gasteiger partial charge on any atom is -0.495 e. The molecule has 88 valence electrons. The first-order valence-electron chi connectivity index (χ1n) is 5.89. The molecule has 0 amide bonds. The first-order chi connectivity index (χ1) is 7.74. The number of hydrogen-bond donors (Lipinski definition) is 1. The van der Waals surface area contributed by atoms with Gasteiger partial charge in [0.2, 0.25) is 0 Å². The van der Waals surface area contributed by atoms with Crippen molar-refractivity contribution in [1.82, 2.24) is 0 Å². The zero-order valence-electron chi connectivity index (χ0n) is 10.1. The molecule has 1 aliphatic carbocycles. The fourth-order valence-electron chi connectivity index (χ4n) is 2.51. The zero-order chi connectivity index (χ0) is 11.5. The number of nitrogens with two attached hydrogens (primary N) is 1. The third kappa shape index (κ3) is 1.94. The molecule has 1 fully saturated rings. The van der Waals surface area contributed by atoms with E-state index in [2.05, 4.69) is 18.0 Å². The van der Waals surface area contributed by atoms with Crippen molar-refractivity contribution in [3.63, 3.8) is 0 Å². The van der Waals surface area contributed by atoms with Gasteiger partial charge in [-0.25, -0.2) is 0 Å². The molecule has 3 heteroatoms. The van der Waals surface area contributed by atoms with Crippen LogP contribution in [0.1, 0.15) is 25.7 Å². The Morgan fingerprint density at radius 3 is 2.62 bits per heavy atom. The van der Waals surface area contributed by atoms with Gasteiger partial charge in [0.25, 0.3) is 0 Å². The Balaban J connectivity index is 2.25. The van der Waals surface area contributed by atoms with Gasteiger partial charge in [-0.05, 0) is 25.0 Å². The van der Waals surface area contributed by atoms with Crippen molar-refractivity contribution in [2.45, 2.75) is 31.7 Å². The van der Waals surface area contributed by atoms with E-state index in [9.17, 15) is 0 Å². The van der Waals surface area contributed by atoms with Crippen LogP contribution in [0.5, 0.6) is 5.75 Å². The van der Waals surface area contributed by atoms with Crippen LogP contribution in [0, 0.1) is 0 Å². The van der Waals surface area contributed by atoms with Crippen molar-refractivity contribution >= 4 is 11.4 Å². The molecule has 1 saturated carbocycles. The number of methoxy groups -OCH3 is 1. The van der Waals surface area contributed by atoms with Gasteiger partial charge in [-0.1, -0.05) is 18.9 Å². The highest BCUT2D eigenvalue weighted by molar-refractivity contribution is 5.74. The molecule has 0 bridgehead atoms. The highest BCUT2D eigenvalue weighted by atomic mass is 16.5. The molecule has 0 spiro atoms. The first kappa shape index (κ1) is 11.1. The van der Waals surface area contributed by atoms with Crippen molar-refractivity contribution in [2.24, 2.45) is 0 Å². The predicted octanol–water partition coefficient (Wildman–Crippen LogP) is 2.66. The molecule has 1 aliphatic rings. The van der Waals surface area contributed by atoms with Gasteiger partial charge in [-0.15, -0.1) is 0 Å². The number of rotatable bonds is 3. The smallest absolute Gasteiger partial charge is 0.143 e. The Morgan fingerprint density at radius 2 is 2.00 bits per heavy atom. The van der Waals surface area contributed by atoms with Gasteiger partial charge in [0, 0.05) is 13.1 Å². The van der Waals surface area contributed by atoms with E-state index in [1.54, 1.807) is 7.11 Å². The Kier molecular flexibility index (Phi) is 3.22. The van der Waals surface area contributed by atoms with Crippen LogP contribution in [-0.2, 0) is 0 Å². The molecule has 1 aromatic carbocycles. The SMILES string of the molecule is COc1cccc(N(C)C2CCCC2)c1N. The highest BCUT2D eigenvalue weighted by Gasteiger charge is 2.21. The molecular weight excluding hydrogens is 200 g/mol. The maximum absolute atomic E-state index is 6.10. The van der Waals surface area contributed by atoms with Crippen LogP contribution < -0.4 is 15.4 Å². The molecule has 2 N–H and O–H groups in total. The summed E-state index contributed by atoms with van der Waals surface area (Å²) < 4.78 is 5.25. The summed E-state index contributed by atoms with van der Waals surface area (Å²) in [6, 6.07) is 6.60. The summed E-state index contributed by atoms with van der Waals surface area (Å²) in [7, 11) is 3.78. The summed E-state index contributed by atoms with van der Waals surface area (Å²) in [5, 5.41) is 0. The Morgan fingerprint density at radius 1 is 1.31 bits per heavy atom. The molecule has 1 aromatic rings. The van der Waals surface area contributed by atoms with E-state index in [1.807, 2.05) is 12.1 Å². The fourth-order valence-corrected chi connectivity index (χ4v) is 2.51. The quantitative estimate of drug-likeness (QED) is 0.796. The van der Waals surface area contributed by atoms with E-state index in [1.165, 1.54) is 25.7 Å². The van der Waals surface area contributed by atoms with Crippen LogP contribution in [0.4, 0.5) is 11.4 Å². The van der Waals surface area contributed by atoms with Crippen molar-refractivity contribution in [1.29, 1.82) is 0 Å². The largest absolute Gasteiger partial charge is 0.495 e. The Labute approximate surface area is 97.2 Å². The standard InChI is InChI=1S/C13H20N2O/c1-15(10-6-3-4-7-10)11-8-5-9-12(16-2)13(11)14/h5,8-10H,3-4,6-7,14H2,1-2H3. The molecule has 0 saturated heterocycles. The maximum Gasteiger partial charge on any atom is 0.143 e. The van der Waals surface area contributed by atoms with E-state index < -0.39 is 0 Å². The fraction of sp³-hybridized carbons (Fsp3) is 0.538. The average molecular weight is 220 g/mol. The Hall–Kier alpha value is -1.38. The molecule has 0 heterocycles. The lowest BCUT2D eigenvalue weighted by Crippen LogP contribution is -2.29. The molecular formula is C13H20N2O. The van der Waals surface area contributed by atoms with Crippen LogP contribution in [0.25, 0.3) is 0 Å². The first-order valence-corrected chi connectivity index (χ1v) is 5.89. The van der Waals surface area contributed by atoms with Crippen LogP contribution in [0.3, 0.4) is 0 Å². The van der Waals surface area contributed by atoms with Crippen LogP contribution in [0.15, 0.2) is 18.2 Å². The summed E-state index contributed by atoms with van der Waals surface area (Å²) in [4.78, 5) is 2.30. The predicted molar refractivity (Wildman–Crippen MR) is 68.1 cm³/mol. The number of anilines is 2. The highest BCUT2D eigenvalue weighted by Crippen LogP contribution is 2.35. The van der Waals surface area contributed by atoms with Crippen LogP contribution >= 0.6 is 0 Å².